The fourth-order valence-corrected chi connectivity index (χ4v) is 4.55. The molecule has 0 radical (unpaired) electrons. The van der Waals surface area contributed by atoms with E-state index in [1.54, 1.807) is 0 Å². The van der Waals surface area contributed by atoms with Crippen molar-refractivity contribution in [1.82, 2.24) is 0 Å². The Hall–Kier alpha value is -2.01. The Balaban J connectivity index is 1.46. The SMILES string of the molecule is CCCCCCCCOc1ccc(-c2ccc(COC(C3CCCC3)C(F)(F)F)cc2)cc1. The standard InChI is InChI=1S/C28H37F3O2/c1-2-3-4-5-6-9-20-32-26-18-16-24(17-19-26)23-14-12-22(13-15-23)21-33-27(28(29,30)31)25-10-7-8-11-25/h12-19,25,27H,2-11,20-21H2,1H3. The minimum Gasteiger partial charge on any atom is -0.494 e. The van der Waals surface area contributed by atoms with Gasteiger partial charge in [-0.05, 0) is 54.0 Å². The van der Waals surface area contributed by atoms with Crippen molar-refractivity contribution >= 4 is 0 Å². The number of benzene rings is 2. The molecule has 0 spiro atoms. The Labute approximate surface area is 196 Å². The van der Waals surface area contributed by atoms with Crippen molar-refractivity contribution in [2.75, 3.05) is 6.61 Å². The molecule has 1 aliphatic rings. The molecule has 0 aliphatic heterocycles. The molecule has 0 N–H and O–H groups in total. The van der Waals surface area contributed by atoms with Gasteiger partial charge in [0.2, 0.25) is 0 Å². The van der Waals surface area contributed by atoms with Gasteiger partial charge in [-0.2, -0.15) is 13.2 Å². The second-order valence-corrected chi connectivity index (χ2v) is 9.16. The van der Waals surface area contributed by atoms with Gasteiger partial charge in [-0.1, -0.05) is 88.3 Å². The van der Waals surface area contributed by atoms with E-state index in [-0.39, 0.29) is 6.61 Å². The molecular formula is C28H37F3O2. The Morgan fingerprint density at radius 1 is 0.818 bits per heavy atom. The van der Waals surface area contributed by atoms with E-state index in [0.29, 0.717) is 12.8 Å². The summed E-state index contributed by atoms with van der Waals surface area (Å²) in [4.78, 5) is 0. The van der Waals surface area contributed by atoms with Crippen LogP contribution in [-0.4, -0.2) is 18.9 Å². The van der Waals surface area contributed by atoms with Crippen molar-refractivity contribution in [3.8, 4) is 16.9 Å². The van der Waals surface area contributed by atoms with Gasteiger partial charge in [0.15, 0.2) is 6.10 Å². The van der Waals surface area contributed by atoms with Crippen molar-refractivity contribution < 1.29 is 22.6 Å². The molecule has 2 nitrogen and oxygen atoms in total. The van der Waals surface area contributed by atoms with E-state index in [1.165, 1.54) is 32.1 Å². The largest absolute Gasteiger partial charge is 0.494 e. The maximum Gasteiger partial charge on any atom is 0.414 e. The van der Waals surface area contributed by atoms with Gasteiger partial charge in [0, 0.05) is 0 Å². The van der Waals surface area contributed by atoms with Crippen LogP contribution in [0.15, 0.2) is 48.5 Å². The van der Waals surface area contributed by atoms with E-state index >= 15 is 0 Å². The predicted molar refractivity (Wildman–Crippen MR) is 127 cm³/mol. The van der Waals surface area contributed by atoms with Crippen LogP contribution in [0.3, 0.4) is 0 Å². The molecule has 1 atom stereocenters. The lowest BCUT2D eigenvalue weighted by Gasteiger charge is -2.26. The Bertz CT molecular complexity index is 793. The molecule has 1 aliphatic carbocycles. The molecule has 3 rings (SSSR count). The fraction of sp³-hybridized carbons (Fsp3) is 0.571. The molecule has 182 valence electrons. The summed E-state index contributed by atoms with van der Waals surface area (Å²) in [6, 6.07) is 15.5. The summed E-state index contributed by atoms with van der Waals surface area (Å²) < 4.78 is 51.5. The average Bonchev–Trinajstić information content (AvgIpc) is 3.33. The first-order valence-electron chi connectivity index (χ1n) is 12.5. The summed E-state index contributed by atoms with van der Waals surface area (Å²) in [7, 11) is 0. The summed E-state index contributed by atoms with van der Waals surface area (Å²) in [5.41, 5.74) is 2.82. The lowest BCUT2D eigenvalue weighted by molar-refractivity contribution is -0.239. The van der Waals surface area contributed by atoms with Crippen LogP contribution in [0.2, 0.25) is 0 Å². The van der Waals surface area contributed by atoms with Gasteiger partial charge in [-0.15, -0.1) is 0 Å². The zero-order valence-electron chi connectivity index (χ0n) is 19.7. The third-order valence-electron chi connectivity index (χ3n) is 6.49. The van der Waals surface area contributed by atoms with Crippen LogP contribution in [0, 0.1) is 5.92 Å². The van der Waals surface area contributed by atoms with E-state index in [1.807, 2.05) is 48.5 Å². The summed E-state index contributed by atoms with van der Waals surface area (Å²) >= 11 is 0. The number of halogens is 3. The minimum atomic E-state index is -4.31. The van der Waals surface area contributed by atoms with Crippen LogP contribution in [0.4, 0.5) is 13.2 Å². The summed E-state index contributed by atoms with van der Waals surface area (Å²) in [6.45, 7) is 2.94. The highest BCUT2D eigenvalue weighted by molar-refractivity contribution is 5.64. The van der Waals surface area contributed by atoms with Crippen LogP contribution in [0.1, 0.15) is 76.7 Å². The smallest absolute Gasteiger partial charge is 0.414 e. The zero-order valence-corrected chi connectivity index (χ0v) is 19.7. The second-order valence-electron chi connectivity index (χ2n) is 9.16. The molecule has 33 heavy (non-hydrogen) atoms. The van der Waals surface area contributed by atoms with Gasteiger partial charge in [-0.25, -0.2) is 0 Å². The quantitative estimate of drug-likeness (QED) is 0.277. The number of rotatable bonds is 13. The normalized spacial score (nSPS) is 15.6. The zero-order chi connectivity index (χ0) is 23.5. The molecular weight excluding hydrogens is 425 g/mol. The van der Waals surface area contributed by atoms with E-state index in [4.69, 9.17) is 9.47 Å². The van der Waals surface area contributed by atoms with Crippen molar-refractivity contribution in [2.24, 2.45) is 5.92 Å². The molecule has 2 aromatic rings. The summed E-state index contributed by atoms with van der Waals surface area (Å²) in [5.74, 6) is 0.452. The third kappa shape index (κ3) is 8.37. The molecule has 0 amide bonds. The van der Waals surface area contributed by atoms with Crippen LogP contribution >= 0.6 is 0 Å². The summed E-state index contributed by atoms with van der Waals surface area (Å²) in [5, 5.41) is 0. The predicted octanol–water partition coefficient (Wildman–Crippen LogP) is 8.73. The maximum absolute atomic E-state index is 13.4. The highest BCUT2D eigenvalue weighted by atomic mass is 19.4. The van der Waals surface area contributed by atoms with Crippen molar-refractivity contribution in [2.45, 2.75) is 90.0 Å². The van der Waals surface area contributed by atoms with E-state index in [9.17, 15) is 13.2 Å². The molecule has 1 saturated carbocycles. The first-order chi connectivity index (χ1) is 16.0. The average molecular weight is 463 g/mol. The van der Waals surface area contributed by atoms with E-state index < -0.39 is 18.2 Å². The highest BCUT2D eigenvalue weighted by Gasteiger charge is 2.46. The summed E-state index contributed by atoms with van der Waals surface area (Å²) in [6.07, 6.45) is 4.37. The van der Waals surface area contributed by atoms with Crippen LogP contribution < -0.4 is 4.74 Å². The van der Waals surface area contributed by atoms with Crippen molar-refractivity contribution in [3.63, 3.8) is 0 Å². The minimum absolute atomic E-state index is 0.0216. The molecule has 0 bridgehead atoms. The lowest BCUT2D eigenvalue weighted by atomic mass is 10.00. The van der Waals surface area contributed by atoms with Gasteiger partial charge >= 0.3 is 6.18 Å². The highest BCUT2D eigenvalue weighted by Crippen LogP contribution is 2.38. The Morgan fingerprint density at radius 2 is 1.39 bits per heavy atom. The first kappa shape index (κ1) is 25.6. The number of ether oxygens (including phenoxy) is 2. The van der Waals surface area contributed by atoms with Crippen LogP contribution in [0.25, 0.3) is 11.1 Å². The molecule has 0 aromatic heterocycles. The Kier molecular flexibility index (Phi) is 10.1. The van der Waals surface area contributed by atoms with Crippen LogP contribution in [-0.2, 0) is 11.3 Å². The number of hydrogen-bond acceptors (Lipinski definition) is 2. The molecule has 1 unspecified atom stereocenters. The van der Waals surface area contributed by atoms with Gasteiger partial charge in [0.1, 0.15) is 5.75 Å². The molecule has 0 heterocycles. The van der Waals surface area contributed by atoms with Crippen LogP contribution in [0.5, 0.6) is 5.75 Å². The van der Waals surface area contributed by atoms with Gasteiger partial charge in [-0.3, -0.25) is 0 Å². The van der Waals surface area contributed by atoms with E-state index in [2.05, 4.69) is 6.92 Å². The topological polar surface area (TPSA) is 18.5 Å². The van der Waals surface area contributed by atoms with E-state index in [0.717, 1.165) is 48.3 Å². The number of hydrogen-bond donors (Lipinski definition) is 0. The van der Waals surface area contributed by atoms with Crippen molar-refractivity contribution in [1.29, 1.82) is 0 Å². The van der Waals surface area contributed by atoms with Gasteiger partial charge < -0.3 is 9.47 Å². The second kappa shape index (κ2) is 13.0. The molecule has 1 fully saturated rings. The first-order valence-corrected chi connectivity index (χ1v) is 12.5. The lowest BCUT2D eigenvalue weighted by Crippen LogP contribution is -2.37. The number of alkyl halides is 3. The molecule has 5 heteroatoms. The maximum atomic E-state index is 13.4. The van der Waals surface area contributed by atoms with Crippen molar-refractivity contribution in [3.05, 3.63) is 54.1 Å². The third-order valence-corrected chi connectivity index (χ3v) is 6.49. The number of unbranched alkanes of at least 4 members (excludes halogenated alkanes) is 5. The molecule has 0 saturated heterocycles. The van der Waals surface area contributed by atoms with Gasteiger partial charge in [0.25, 0.3) is 0 Å². The monoisotopic (exact) mass is 462 g/mol. The van der Waals surface area contributed by atoms with Gasteiger partial charge in [0.05, 0.1) is 13.2 Å². The molecule has 2 aromatic carbocycles. The fourth-order valence-electron chi connectivity index (χ4n) is 4.55. The Morgan fingerprint density at radius 3 is 2.00 bits per heavy atom.